The molecule has 1 heterocycles. The minimum Gasteiger partial charge on any atom is -0.477 e. The molecule has 1 aromatic carbocycles. The third kappa shape index (κ3) is 5.80. The van der Waals surface area contributed by atoms with Crippen molar-refractivity contribution >= 4 is 27.4 Å². The Kier molecular flexibility index (Phi) is 6.91. The lowest BCUT2D eigenvalue weighted by Crippen LogP contribution is -2.29. The van der Waals surface area contributed by atoms with Gasteiger partial charge in [-0.05, 0) is 37.0 Å². The first-order valence-electron chi connectivity index (χ1n) is 8.16. The van der Waals surface area contributed by atoms with Gasteiger partial charge in [-0.3, -0.25) is 5.43 Å². The quantitative estimate of drug-likeness (QED) is 0.445. The number of sulfonamides is 1. The van der Waals surface area contributed by atoms with E-state index < -0.39 is 16.0 Å². The Morgan fingerprint density at radius 2 is 1.84 bits per heavy atom. The van der Waals surface area contributed by atoms with Crippen molar-refractivity contribution in [2.45, 2.75) is 31.4 Å². The average Bonchev–Trinajstić information content (AvgIpc) is 3.11. The van der Waals surface area contributed by atoms with Crippen LogP contribution >= 0.6 is 0 Å². The van der Waals surface area contributed by atoms with Crippen LogP contribution in [0.25, 0.3) is 0 Å². The molecule has 2 rings (SSSR count). The molecule has 1 aliphatic heterocycles. The molecule has 1 aromatic rings. The predicted octanol–water partition coefficient (Wildman–Crippen LogP) is 1.24. The van der Waals surface area contributed by atoms with E-state index in [1.54, 1.807) is 24.3 Å². The number of nitrogens with one attached hydrogen (secondary N) is 1. The van der Waals surface area contributed by atoms with Crippen LogP contribution in [0.3, 0.4) is 0 Å². The van der Waals surface area contributed by atoms with Gasteiger partial charge in [-0.2, -0.15) is 5.10 Å². The number of anilines is 1. The number of rotatable bonds is 9. The molecule has 3 N–H and O–H groups in total. The Bertz CT molecular complexity index is 710. The normalized spacial score (nSPS) is 16.1. The topological polar surface area (TPSA) is 119 Å². The second-order valence-electron chi connectivity index (χ2n) is 5.86. The first-order valence-corrected chi connectivity index (χ1v) is 9.77. The lowest BCUT2D eigenvalue weighted by Gasteiger charge is -2.15. The molecule has 25 heavy (non-hydrogen) atoms. The Morgan fingerprint density at radius 3 is 2.40 bits per heavy atom. The monoisotopic (exact) mass is 369 g/mol. The number of hydrogen-bond donors (Lipinski definition) is 3. The predicted molar refractivity (Wildman–Crippen MR) is 94.9 cm³/mol. The second-order valence-corrected chi connectivity index (χ2v) is 7.83. The number of carboxylic acid groups (broad SMARTS) is 1. The standard InChI is InChI=1S/C16H23N3O5S/c20-11-3-4-15(16(21)22)18-17-14-7-5-13(6-8-14)12-25(23,24)19-9-1-2-10-19/h5-8,17,20H,1-4,9-12H2,(H,21,22)/b18-15-. The number of nitrogens with zero attached hydrogens (tertiary/aromatic N) is 2. The number of hydrogen-bond acceptors (Lipinski definition) is 6. The lowest BCUT2D eigenvalue weighted by molar-refractivity contribution is -0.129. The minimum absolute atomic E-state index is 0.0482. The maximum Gasteiger partial charge on any atom is 0.352 e. The fraction of sp³-hybridized carbons (Fsp3) is 0.500. The van der Waals surface area contributed by atoms with Gasteiger partial charge < -0.3 is 10.2 Å². The van der Waals surface area contributed by atoms with E-state index in [1.807, 2.05) is 0 Å². The number of hydrazone groups is 1. The van der Waals surface area contributed by atoms with E-state index in [1.165, 1.54) is 4.31 Å². The molecule has 0 spiro atoms. The summed E-state index contributed by atoms with van der Waals surface area (Å²) >= 11 is 0. The first kappa shape index (κ1) is 19.4. The summed E-state index contributed by atoms with van der Waals surface area (Å²) in [5, 5.41) is 21.6. The fourth-order valence-electron chi connectivity index (χ4n) is 2.53. The molecule has 0 amide bonds. The van der Waals surface area contributed by atoms with Crippen LogP contribution in [0.2, 0.25) is 0 Å². The molecule has 1 aliphatic rings. The van der Waals surface area contributed by atoms with Crippen molar-refractivity contribution in [2.75, 3.05) is 25.1 Å². The molecule has 1 fully saturated rings. The van der Waals surface area contributed by atoms with E-state index in [4.69, 9.17) is 10.2 Å². The van der Waals surface area contributed by atoms with E-state index in [0.29, 0.717) is 30.8 Å². The highest BCUT2D eigenvalue weighted by Gasteiger charge is 2.25. The zero-order valence-electron chi connectivity index (χ0n) is 13.9. The molecule has 8 nitrogen and oxygen atoms in total. The van der Waals surface area contributed by atoms with Crippen LogP contribution in [0.5, 0.6) is 0 Å². The molecule has 9 heteroatoms. The van der Waals surface area contributed by atoms with Crippen LogP contribution in [0.1, 0.15) is 31.2 Å². The molecule has 0 saturated carbocycles. The summed E-state index contributed by atoms with van der Waals surface area (Å²) in [6.07, 6.45) is 2.29. The molecule has 1 saturated heterocycles. The fourth-order valence-corrected chi connectivity index (χ4v) is 4.14. The summed E-state index contributed by atoms with van der Waals surface area (Å²) < 4.78 is 26.1. The summed E-state index contributed by atoms with van der Waals surface area (Å²) in [6.45, 7) is 1.07. The van der Waals surface area contributed by atoms with Gasteiger partial charge in [-0.25, -0.2) is 17.5 Å². The highest BCUT2D eigenvalue weighted by molar-refractivity contribution is 7.88. The maximum absolute atomic E-state index is 12.3. The van der Waals surface area contributed by atoms with Crippen LogP contribution in [0.4, 0.5) is 5.69 Å². The van der Waals surface area contributed by atoms with Crippen LogP contribution in [-0.2, 0) is 20.6 Å². The number of carbonyl (C=O) groups is 1. The molecule has 0 radical (unpaired) electrons. The van der Waals surface area contributed by atoms with Gasteiger partial charge >= 0.3 is 5.97 Å². The summed E-state index contributed by atoms with van der Waals surface area (Å²) in [5.41, 5.74) is 3.80. The van der Waals surface area contributed by atoms with Crippen molar-refractivity contribution < 1.29 is 23.4 Å². The first-order chi connectivity index (χ1) is 11.9. The van der Waals surface area contributed by atoms with Crippen molar-refractivity contribution in [1.29, 1.82) is 0 Å². The summed E-state index contributed by atoms with van der Waals surface area (Å²) in [4.78, 5) is 11.0. The van der Waals surface area contributed by atoms with Crippen molar-refractivity contribution in [3.63, 3.8) is 0 Å². The van der Waals surface area contributed by atoms with Gasteiger partial charge in [0.05, 0.1) is 11.4 Å². The Hall–Kier alpha value is -1.97. The zero-order chi connectivity index (χ0) is 18.3. The molecule has 0 unspecified atom stereocenters. The molecular formula is C16H23N3O5S. The molecule has 0 bridgehead atoms. The van der Waals surface area contributed by atoms with Gasteiger partial charge in [0, 0.05) is 26.1 Å². The van der Waals surface area contributed by atoms with Crippen LogP contribution in [-0.4, -0.2) is 54.3 Å². The average molecular weight is 369 g/mol. The third-order valence-corrected chi connectivity index (χ3v) is 5.75. The number of aliphatic hydroxyl groups is 1. The van der Waals surface area contributed by atoms with Gasteiger partial charge in [0.1, 0.15) is 5.71 Å². The largest absolute Gasteiger partial charge is 0.477 e. The number of aliphatic carboxylic acids is 1. The Morgan fingerprint density at radius 1 is 1.20 bits per heavy atom. The van der Waals surface area contributed by atoms with Gasteiger partial charge in [0.2, 0.25) is 10.0 Å². The Labute approximate surface area is 147 Å². The SMILES string of the molecule is O=C(O)/C(CCCO)=N\Nc1ccc(CS(=O)(=O)N2CCCC2)cc1. The maximum atomic E-state index is 12.3. The summed E-state index contributed by atoms with van der Waals surface area (Å²) in [6, 6.07) is 6.67. The van der Waals surface area contributed by atoms with Crippen LogP contribution < -0.4 is 5.43 Å². The van der Waals surface area contributed by atoms with Gasteiger partial charge in [0.15, 0.2) is 0 Å². The van der Waals surface area contributed by atoms with E-state index in [9.17, 15) is 13.2 Å². The van der Waals surface area contributed by atoms with Crippen LogP contribution in [0, 0.1) is 0 Å². The lowest BCUT2D eigenvalue weighted by atomic mass is 10.2. The molecule has 0 aliphatic carbocycles. The number of carboxylic acids is 1. The smallest absolute Gasteiger partial charge is 0.352 e. The third-order valence-electron chi connectivity index (χ3n) is 3.90. The van der Waals surface area contributed by atoms with E-state index >= 15 is 0 Å². The van der Waals surface area contributed by atoms with Gasteiger partial charge in [-0.1, -0.05) is 12.1 Å². The van der Waals surface area contributed by atoms with Crippen molar-refractivity contribution in [1.82, 2.24) is 4.31 Å². The highest BCUT2D eigenvalue weighted by atomic mass is 32.2. The van der Waals surface area contributed by atoms with Crippen molar-refractivity contribution in [3.05, 3.63) is 29.8 Å². The van der Waals surface area contributed by atoms with Crippen molar-refractivity contribution in [2.24, 2.45) is 5.10 Å². The molecule has 0 aromatic heterocycles. The van der Waals surface area contributed by atoms with E-state index in [0.717, 1.165) is 12.8 Å². The van der Waals surface area contributed by atoms with Gasteiger partial charge in [-0.15, -0.1) is 0 Å². The summed E-state index contributed by atoms with van der Waals surface area (Å²) in [5.74, 6) is -1.19. The van der Waals surface area contributed by atoms with Crippen molar-refractivity contribution in [3.8, 4) is 0 Å². The van der Waals surface area contributed by atoms with E-state index in [2.05, 4.69) is 10.5 Å². The second kappa shape index (κ2) is 8.93. The molecule has 138 valence electrons. The van der Waals surface area contributed by atoms with Gasteiger partial charge in [0.25, 0.3) is 0 Å². The molecule has 0 atom stereocenters. The van der Waals surface area contributed by atoms with E-state index in [-0.39, 0.29) is 24.5 Å². The number of benzene rings is 1. The summed E-state index contributed by atoms with van der Waals surface area (Å²) in [7, 11) is -3.29. The minimum atomic E-state index is -3.29. The van der Waals surface area contributed by atoms with Crippen LogP contribution in [0.15, 0.2) is 29.4 Å². The Balaban J connectivity index is 1.98. The highest BCUT2D eigenvalue weighted by Crippen LogP contribution is 2.18. The molecular weight excluding hydrogens is 346 g/mol. The zero-order valence-corrected chi connectivity index (χ0v) is 14.7. The number of aliphatic hydroxyl groups excluding tert-OH is 1.